The van der Waals surface area contributed by atoms with E-state index >= 15 is 0 Å². The quantitative estimate of drug-likeness (QED) is 0.816. The van der Waals surface area contributed by atoms with Crippen LogP contribution in [0.1, 0.15) is 49.4 Å². The Morgan fingerprint density at radius 3 is 2.65 bits per heavy atom. The Morgan fingerprint density at radius 2 is 1.96 bits per heavy atom. The number of nitrogens with zero attached hydrogens (tertiary/aromatic N) is 1. The Morgan fingerprint density at radius 1 is 1.19 bits per heavy atom. The fourth-order valence-electron chi connectivity index (χ4n) is 3.64. The van der Waals surface area contributed by atoms with Crippen LogP contribution in [0.15, 0.2) is 24.3 Å². The second kappa shape index (κ2) is 9.03. The standard InChI is InChI=1S/C20H29N3O3/c1-2-19(24)22-15-9-11-23(12-10-15)18-8-4-3-7-17(18)20(25)21-14-16-6-5-13-26-16/h3-4,7-8,15-16H,2,5-6,9-14H2,1H3,(H,21,25)(H,22,24)/t16-/m1/s1. The van der Waals surface area contributed by atoms with Gasteiger partial charge in [-0.3, -0.25) is 9.59 Å². The average Bonchev–Trinajstić information content (AvgIpc) is 3.20. The molecule has 2 heterocycles. The van der Waals surface area contributed by atoms with Gasteiger partial charge in [0.05, 0.1) is 11.7 Å². The molecule has 6 nitrogen and oxygen atoms in total. The van der Waals surface area contributed by atoms with Gasteiger partial charge in [0.15, 0.2) is 0 Å². The second-order valence-electron chi connectivity index (χ2n) is 7.04. The van der Waals surface area contributed by atoms with Crippen LogP contribution >= 0.6 is 0 Å². The molecule has 0 aliphatic carbocycles. The maximum atomic E-state index is 12.7. The Bertz CT molecular complexity index is 620. The summed E-state index contributed by atoms with van der Waals surface area (Å²) >= 11 is 0. The normalized spacial score (nSPS) is 20.8. The molecular formula is C20H29N3O3. The van der Waals surface area contributed by atoms with Gasteiger partial charge in [-0.05, 0) is 37.8 Å². The van der Waals surface area contributed by atoms with Crippen LogP contribution < -0.4 is 15.5 Å². The summed E-state index contributed by atoms with van der Waals surface area (Å²) in [5.74, 6) is 0.0647. The Hall–Kier alpha value is -2.08. The summed E-state index contributed by atoms with van der Waals surface area (Å²) in [5, 5.41) is 6.09. The first-order valence-corrected chi connectivity index (χ1v) is 9.70. The SMILES string of the molecule is CCC(=O)NC1CCN(c2ccccc2C(=O)NC[C@H]2CCCO2)CC1. The lowest BCUT2D eigenvalue weighted by atomic mass is 10.0. The number of hydrogen-bond acceptors (Lipinski definition) is 4. The van der Waals surface area contributed by atoms with E-state index in [1.54, 1.807) is 0 Å². The molecule has 6 heteroatoms. The van der Waals surface area contributed by atoms with Crippen molar-refractivity contribution in [2.75, 3.05) is 31.1 Å². The number of rotatable bonds is 6. The predicted octanol–water partition coefficient (Wildman–Crippen LogP) is 2.09. The van der Waals surface area contributed by atoms with Crippen molar-refractivity contribution < 1.29 is 14.3 Å². The minimum absolute atomic E-state index is 0.0440. The van der Waals surface area contributed by atoms with Crippen molar-refractivity contribution in [3.63, 3.8) is 0 Å². The average molecular weight is 359 g/mol. The van der Waals surface area contributed by atoms with Gasteiger partial charge in [0.2, 0.25) is 5.91 Å². The highest BCUT2D eigenvalue weighted by Gasteiger charge is 2.24. The van der Waals surface area contributed by atoms with Crippen molar-refractivity contribution in [1.29, 1.82) is 0 Å². The molecular weight excluding hydrogens is 330 g/mol. The van der Waals surface area contributed by atoms with E-state index in [4.69, 9.17) is 4.74 Å². The van der Waals surface area contributed by atoms with Crippen LogP contribution in [-0.4, -0.2) is 50.2 Å². The highest BCUT2D eigenvalue weighted by Crippen LogP contribution is 2.24. The van der Waals surface area contributed by atoms with Gasteiger partial charge in [-0.15, -0.1) is 0 Å². The second-order valence-corrected chi connectivity index (χ2v) is 7.04. The molecule has 1 atom stereocenters. The molecule has 2 N–H and O–H groups in total. The lowest BCUT2D eigenvalue weighted by molar-refractivity contribution is -0.121. The smallest absolute Gasteiger partial charge is 0.253 e. The van der Waals surface area contributed by atoms with Crippen LogP contribution in [0.2, 0.25) is 0 Å². The number of anilines is 1. The van der Waals surface area contributed by atoms with Crippen LogP contribution in [-0.2, 0) is 9.53 Å². The summed E-state index contributed by atoms with van der Waals surface area (Å²) in [5.41, 5.74) is 1.68. The van der Waals surface area contributed by atoms with E-state index in [0.717, 1.165) is 51.1 Å². The third-order valence-corrected chi connectivity index (χ3v) is 5.18. The van der Waals surface area contributed by atoms with Crippen LogP contribution in [0, 0.1) is 0 Å². The minimum Gasteiger partial charge on any atom is -0.376 e. The zero-order valence-corrected chi connectivity index (χ0v) is 15.5. The fourth-order valence-corrected chi connectivity index (χ4v) is 3.64. The molecule has 2 fully saturated rings. The number of ether oxygens (including phenoxy) is 1. The lowest BCUT2D eigenvalue weighted by Gasteiger charge is -2.34. The number of hydrogen-bond donors (Lipinski definition) is 2. The summed E-state index contributed by atoms with van der Waals surface area (Å²) < 4.78 is 5.58. The Labute approximate surface area is 155 Å². The first-order valence-electron chi connectivity index (χ1n) is 9.70. The first kappa shape index (κ1) is 18.7. The van der Waals surface area contributed by atoms with Gasteiger partial charge in [-0.25, -0.2) is 0 Å². The zero-order chi connectivity index (χ0) is 18.4. The summed E-state index contributed by atoms with van der Waals surface area (Å²) in [6.07, 6.45) is 4.55. The fraction of sp³-hybridized carbons (Fsp3) is 0.600. The third-order valence-electron chi connectivity index (χ3n) is 5.18. The van der Waals surface area contributed by atoms with Gasteiger partial charge in [-0.1, -0.05) is 19.1 Å². The number of para-hydroxylation sites is 1. The van der Waals surface area contributed by atoms with E-state index in [1.165, 1.54) is 0 Å². The number of carbonyl (C=O) groups is 2. The van der Waals surface area contributed by atoms with Crippen molar-refractivity contribution >= 4 is 17.5 Å². The molecule has 0 aromatic heterocycles. The Balaban J connectivity index is 1.58. The van der Waals surface area contributed by atoms with Crippen molar-refractivity contribution in [3.8, 4) is 0 Å². The van der Waals surface area contributed by atoms with Gasteiger partial charge < -0.3 is 20.3 Å². The molecule has 1 aromatic rings. The first-order chi connectivity index (χ1) is 12.7. The number of carbonyl (C=O) groups excluding carboxylic acids is 2. The monoisotopic (exact) mass is 359 g/mol. The number of nitrogens with one attached hydrogen (secondary N) is 2. The molecule has 0 bridgehead atoms. The minimum atomic E-state index is -0.0440. The van der Waals surface area contributed by atoms with Gasteiger partial charge in [0.1, 0.15) is 0 Å². The van der Waals surface area contributed by atoms with Crippen molar-refractivity contribution in [1.82, 2.24) is 10.6 Å². The molecule has 2 saturated heterocycles. The van der Waals surface area contributed by atoms with Gasteiger partial charge in [0.25, 0.3) is 5.91 Å². The summed E-state index contributed by atoms with van der Waals surface area (Å²) in [4.78, 5) is 26.5. The Kier molecular flexibility index (Phi) is 6.50. The number of benzene rings is 1. The van der Waals surface area contributed by atoms with Gasteiger partial charge in [-0.2, -0.15) is 0 Å². The number of amides is 2. The van der Waals surface area contributed by atoms with E-state index in [2.05, 4.69) is 15.5 Å². The molecule has 2 aliphatic rings. The van der Waals surface area contributed by atoms with Crippen molar-refractivity contribution in [2.45, 2.75) is 51.2 Å². The molecule has 0 radical (unpaired) electrons. The van der Waals surface area contributed by atoms with Gasteiger partial charge in [0, 0.05) is 44.4 Å². The van der Waals surface area contributed by atoms with Crippen LogP contribution in [0.25, 0.3) is 0 Å². The van der Waals surface area contributed by atoms with Gasteiger partial charge >= 0.3 is 0 Å². The van der Waals surface area contributed by atoms with E-state index in [1.807, 2.05) is 31.2 Å². The van der Waals surface area contributed by atoms with E-state index < -0.39 is 0 Å². The van der Waals surface area contributed by atoms with Crippen LogP contribution in [0.3, 0.4) is 0 Å². The maximum absolute atomic E-state index is 12.7. The molecule has 2 aliphatic heterocycles. The predicted molar refractivity (Wildman–Crippen MR) is 101 cm³/mol. The van der Waals surface area contributed by atoms with Crippen LogP contribution in [0.5, 0.6) is 0 Å². The molecule has 0 spiro atoms. The molecule has 0 saturated carbocycles. The molecule has 0 unspecified atom stereocenters. The summed E-state index contributed by atoms with van der Waals surface area (Å²) in [6, 6.07) is 7.99. The van der Waals surface area contributed by atoms with E-state index in [-0.39, 0.29) is 24.0 Å². The van der Waals surface area contributed by atoms with Crippen LogP contribution in [0.4, 0.5) is 5.69 Å². The van der Waals surface area contributed by atoms with Crippen molar-refractivity contribution in [3.05, 3.63) is 29.8 Å². The zero-order valence-electron chi connectivity index (χ0n) is 15.5. The highest BCUT2D eigenvalue weighted by molar-refractivity contribution is 5.99. The number of piperidine rings is 1. The molecule has 3 rings (SSSR count). The largest absolute Gasteiger partial charge is 0.376 e. The molecule has 2 amide bonds. The molecule has 142 valence electrons. The highest BCUT2D eigenvalue weighted by atomic mass is 16.5. The maximum Gasteiger partial charge on any atom is 0.253 e. The van der Waals surface area contributed by atoms with E-state index in [0.29, 0.717) is 18.5 Å². The molecule has 26 heavy (non-hydrogen) atoms. The molecule has 1 aromatic carbocycles. The summed E-state index contributed by atoms with van der Waals surface area (Å²) in [7, 11) is 0. The van der Waals surface area contributed by atoms with E-state index in [9.17, 15) is 9.59 Å². The lowest BCUT2D eigenvalue weighted by Crippen LogP contribution is -2.45. The topological polar surface area (TPSA) is 70.7 Å². The summed E-state index contributed by atoms with van der Waals surface area (Å²) in [6.45, 7) is 4.91. The van der Waals surface area contributed by atoms with Crippen molar-refractivity contribution in [2.24, 2.45) is 0 Å². The third kappa shape index (κ3) is 4.75.